The van der Waals surface area contributed by atoms with Crippen molar-refractivity contribution in [3.63, 3.8) is 0 Å². The molecule has 5 nitrogen and oxygen atoms in total. The maximum Gasteiger partial charge on any atom is 0.338 e. The minimum atomic E-state index is -0.386. The van der Waals surface area contributed by atoms with Crippen LogP contribution in [-0.4, -0.2) is 22.5 Å². The molecule has 0 aliphatic rings. The van der Waals surface area contributed by atoms with Gasteiger partial charge < -0.3 is 10.1 Å². The molecule has 2 heterocycles. The number of carbonyl (C=O) groups excluding carboxylic acids is 1. The minimum absolute atomic E-state index is 0.386. The van der Waals surface area contributed by atoms with Gasteiger partial charge in [-0.05, 0) is 30.3 Å². The van der Waals surface area contributed by atoms with E-state index in [4.69, 9.17) is 9.72 Å². The van der Waals surface area contributed by atoms with Crippen LogP contribution in [0.4, 0.5) is 11.5 Å². The molecule has 0 radical (unpaired) electrons. The number of anilines is 2. The third-order valence-corrected chi connectivity index (χ3v) is 4.15. The molecule has 4 aromatic rings. The Hall–Kier alpha value is -3.60. The molecule has 128 valence electrons. The van der Waals surface area contributed by atoms with Gasteiger partial charge in [-0.25, -0.2) is 9.78 Å². The summed E-state index contributed by atoms with van der Waals surface area (Å²) in [5.74, 6) is 0.409. The van der Waals surface area contributed by atoms with Gasteiger partial charge in [0.25, 0.3) is 0 Å². The third-order valence-electron chi connectivity index (χ3n) is 4.15. The van der Waals surface area contributed by atoms with Crippen LogP contribution < -0.4 is 5.32 Å². The summed E-state index contributed by atoms with van der Waals surface area (Å²) in [4.78, 5) is 17.0. The summed E-state index contributed by atoms with van der Waals surface area (Å²) in [6.07, 6.45) is 1.94. The molecule has 0 saturated heterocycles. The molecule has 26 heavy (non-hydrogen) atoms. The number of aromatic nitrogens is 2. The molecule has 0 unspecified atom stereocenters. The zero-order valence-corrected chi connectivity index (χ0v) is 14.2. The first-order valence-electron chi connectivity index (χ1n) is 8.25. The van der Waals surface area contributed by atoms with Crippen LogP contribution in [0, 0.1) is 0 Å². The van der Waals surface area contributed by atoms with Crippen LogP contribution >= 0.6 is 0 Å². The molecule has 0 aliphatic carbocycles. The highest BCUT2D eigenvalue weighted by Gasteiger charge is 2.20. The molecule has 2 aromatic heterocycles. The van der Waals surface area contributed by atoms with Crippen molar-refractivity contribution in [2.45, 2.75) is 0 Å². The number of benzene rings is 2. The lowest BCUT2D eigenvalue weighted by atomic mass is 10.0. The second-order valence-corrected chi connectivity index (χ2v) is 5.77. The average molecular weight is 343 g/mol. The molecule has 2 aromatic carbocycles. The van der Waals surface area contributed by atoms with Gasteiger partial charge in [-0.15, -0.1) is 0 Å². The molecular weight excluding hydrogens is 326 g/mol. The number of ether oxygens (including phenoxy) is 1. The Kier molecular flexibility index (Phi) is 4.11. The Bertz CT molecular complexity index is 1070. The highest BCUT2D eigenvalue weighted by atomic mass is 16.5. The second-order valence-electron chi connectivity index (χ2n) is 5.77. The smallest absolute Gasteiger partial charge is 0.338 e. The number of hydrogen-bond acceptors (Lipinski definition) is 4. The van der Waals surface area contributed by atoms with Crippen molar-refractivity contribution in [2.75, 3.05) is 12.4 Å². The van der Waals surface area contributed by atoms with Gasteiger partial charge in [-0.1, -0.05) is 42.5 Å². The van der Waals surface area contributed by atoms with E-state index >= 15 is 0 Å². The highest BCUT2D eigenvalue weighted by molar-refractivity contribution is 5.98. The van der Waals surface area contributed by atoms with Crippen LogP contribution in [0.1, 0.15) is 10.4 Å². The van der Waals surface area contributed by atoms with E-state index in [1.165, 1.54) is 7.11 Å². The number of carbonyl (C=O) groups is 1. The van der Waals surface area contributed by atoms with Crippen molar-refractivity contribution >= 4 is 23.1 Å². The fourth-order valence-corrected chi connectivity index (χ4v) is 2.94. The van der Waals surface area contributed by atoms with E-state index in [2.05, 4.69) is 5.32 Å². The molecule has 0 bridgehead atoms. The molecule has 0 atom stereocenters. The Morgan fingerprint density at radius 2 is 1.69 bits per heavy atom. The summed E-state index contributed by atoms with van der Waals surface area (Å²) < 4.78 is 6.91. The molecular formula is C21H17N3O2. The molecule has 4 rings (SSSR count). The van der Waals surface area contributed by atoms with Crippen LogP contribution in [0.25, 0.3) is 16.9 Å². The van der Waals surface area contributed by atoms with Crippen molar-refractivity contribution in [2.24, 2.45) is 0 Å². The number of methoxy groups -OCH3 is 1. The summed E-state index contributed by atoms with van der Waals surface area (Å²) in [5, 5.41) is 3.43. The molecule has 0 spiro atoms. The Morgan fingerprint density at radius 1 is 0.962 bits per heavy atom. The van der Waals surface area contributed by atoms with Gasteiger partial charge in [0.2, 0.25) is 0 Å². The molecule has 0 fully saturated rings. The van der Waals surface area contributed by atoms with Crippen LogP contribution in [0.3, 0.4) is 0 Å². The molecule has 0 amide bonds. The maximum absolute atomic E-state index is 12.2. The van der Waals surface area contributed by atoms with Crippen LogP contribution in [0.2, 0.25) is 0 Å². The van der Waals surface area contributed by atoms with Crippen LogP contribution in [0.15, 0.2) is 79.0 Å². The number of pyridine rings is 1. The van der Waals surface area contributed by atoms with Crippen molar-refractivity contribution in [3.8, 4) is 11.3 Å². The van der Waals surface area contributed by atoms with Gasteiger partial charge >= 0.3 is 5.97 Å². The standard InChI is InChI=1S/C21H17N3O2/c1-26-21(25)17-12-6-5-11-16(17)19-20(22-15-9-3-2-4-10-15)24-14-8-7-13-18(24)23-19/h2-14,22H,1H3. The fourth-order valence-electron chi connectivity index (χ4n) is 2.94. The normalized spacial score (nSPS) is 10.7. The summed E-state index contributed by atoms with van der Waals surface area (Å²) in [5.41, 5.74) is 3.63. The van der Waals surface area contributed by atoms with Crippen molar-refractivity contribution < 1.29 is 9.53 Å². The zero-order chi connectivity index (χ0) is 17.9. The van der Waals surface area contributed by atoms with Gasteiger partial charge in [0.05, 0.1) is 12.7 Å². The van der Waals surface area contributed by atoms with Crippen LogP contribution in [0.5, 0.6) is 0 Å². The van der Waals surface area contributed by atoms with E-state index in [9.17, 15) is 4.79 Å². The van der Waals surface area contributed by atoms with Crippen molar-refractivity contribution in [3.05, 3.63) is 84.6 Å². The largest absolute Gasteiger partial charge is 0.465 e. The van der Waals surface area contributed by atoms with Crippen LogP contribution in [-0.2, 0) is 4.74 Å². The Morgan fingerprint density at radius 3 is 2.50 bits per heavy atom. The summed E-state index contributed by atoms with van der Waals surface area (Å²) in [7, 11) is 1.38. The van der Waals surface area contributed by atoms with E-state index in [1.54, 1.807) is 6.07 Å². The quantitative estimate of drug-likeness (QED) is 0.553. The maximum atomic E-state index is 12.2. The van der Waals surface area contributed by atoms with Gasteiger partial charge in [-0.3, -0.25) is 4.40 Å². The molecule has 1 N–H and O–H groups in total. The lowest BCUT2D eigenvalue weighted by Gasteiger charge is -2.11. The monoisotopic (exact) mass is 343 g/mol. The molecule has 5 heteroatoms. The van der Waals surface area contributed by atoms with E-state index in [1.807, 2.05) is 77.3 Å². The SMILES string of the molecule is COC(=O)c1ccccc1-c1nc2ccccn2c1Nc1ccccc1. The number of nitrogens with one attached hydrogen (secondary N) is 1. The first-order valence-corrected chi connectivity index (χ1v) is 8.25. The number of fused-ring (bicyclic) bond motifs is 1. The summed E-state index contributed by atoms with van der Waals surface area (Å²) in [6, 6.07) is 23.0. The highest BCUT2D eigenvalue weighted by Crippen LogP contribution is 2.33. The third kappa shape index (κ3) is 2.80. The number of para-hydroxylation sites is 1. The lowest BCUT2D eigenvalue weighted by molar-refractivity contribution is 0.0601. The first-order chi connectivity index (χ1) is 12.8. The van der Waals surface area contributed by atoms with E-state index in [0.717, 1.165) is 22.7 Å². The fraction of sp³-hybridized carbons (Fsp3) is 0.0476. The number of esters is 1. The summed E-state index contributed by atoms with van der Waals surface area (Å²) >= 11 is 0. The lowest BCUT2D eigenvalue weighted by Crippen LogP contribution is -2.04. The van der Waals surface area contributed by atoms with E-state index < -0.39 is 0 Å². The number of nitrogens with zero attached hydrogens (tertiary/aromatic N) is 2. The molecule has 0 aliphatic heterocycles. The van der Waals surface area contributed by atoms with Crippen molar-refractivity contribution in [1.82, 2.24) is 9.38 Å². The minimum Gasteiger partial charge on any atom is -0.465 e. The predicted molar refractivity (Wildman–Crippen MR) is 102 cm³/mol. The Balaban J connectivity index is 1.94. The zero-order valence-electron chi connectivity index (χ0n) is 14.2. The van der Waals surface area contributed by atoms with E-state index in [-0.39, 0.29) is 5.97 Å². The van der Waals surface area contributed by atoms with Gasteiger partial charge in [0.1, 0.15) is 17.2 Å². The van der Waals surface area contributed by atoms with Gasteiger partial charge in [0.15, 0.2) is 0 Å². The predicted octanol–water partition coefficient (Wildman–Crippen LogP) is 4.53. The number of imidazole rings is 1. The van der Waals surface area contributed by atoms with Gasteiger partial charge in [-0.2, -0.15) is 0 Å². The first kappa shape index (κ1) is 15.9. The Labute approximate surface area is 150 Å². The van der Waals surface area contributed by atoms with Gasteiger partial charge in [0, 0.05) is 17.4 Å². The topological polar surface area (TPSA) is 55.6 Å². The second kappa shape index (κ2) is 6.72. The summed E-state index contributed by atoms with van der Waals surface area (Å²) in [6.45, 7) is 0. The molecule has 0 saturated carbocycles. The average Bonchev–Trinajstić information content (AvgIpc) is 3.06. The number of rotatable bonds is 4. The van der Waals surface area contributed by atoms with E-state index in [0.29, 0.717) is 11.3 Å². The number of hydrogen-bond donors (Lipinski definition) is 1. The van der Waals surface area contributed by atoms with Crippen molar-refractivity contribution in [1.29, 1.82) is 0 Å².